The molecule has 0 atom stereocenters. The van der Waals surface area contributed by atoms with Crippen molar-refractivity contribution in [2.24, 2.45) is 0 Å². The van der Waals surface area contributed by atoms with Gasteiger partial charge in [0.1, 0.15) is 5.76 Å². The second-order valence-corrected chi connectivity index (χ2v) is 8.29. The third kappa shape index (κ3) is 9.89. The molecule has 0 aromatic carbocycles. The van der Waals surface area contributed by atoms with E-state index in [9.17, 15) is 26.3 Å². The number of rotatable bonds is 5. The molecule has 0 bridgehead atoms. The van der Waals surface area contributed by atoms with Gasteiger partial charge in [0, 0.05) is 31.2 Å². The van der Waals surface area contributed by atoms with Crippen molar-refractivity contribution in [3.05, 3.63) is 41.1 Å². The van der Waals surface area contributed by atoms with E-state index in [0.717, 1.165) is 38.4 Å². The van der Waals surface area contributed by atoms with Crippen LogP contribution in [0.4, 0.5) is 26.3 Å². The van der Waals surface area contributed by atoms with Gasteiger partial charge in [0.05, 0.1) is 24.2 Å². The first kappa shape index (κ1) is 31.0. The fraction of sp³-hybridized carbons (Fsp3) is 0.571. The number of carbonyl (C=O) groups is 2. The highest BCUT2D eigenvalue weighted by Gasteiger charge is 2.38. The summed E-state index contributed by atoms with van der Waals surface area (Å²) in [4.78, 5) is 22.4. The van der Waals surface area contributed by atoms with E-state index in [-0.39, 0.29) is 0 Å². The molecular formula is C21H28F6N4O5. The van der Waals surface area contributed by atoms with E-state index in [0.29, 0.717) is 6.04 Å². The molecule has 9 nitrogen and oxygen atoms in total. The SMILES string of the molecule is CC(C)n1nc(CN(C)C)c2c1CN(Cc1ccco1)CC2.O=C(O)C(F)(F)F.O=C(O)C(F)(F)F. The van der Waals surface area contributed by atoms with E-state index in [1.54, 1.807) is 6.26 Å². The summed E-state index contributed by atoms with van der Waals surface area (Å²) in [5, 5.41) is 19.1. The topological polar surface area (TPSA) is 112 Å². The van der Waals surface area contributed by atoms with Gasteiger partial charge in [-0.2, -0.15) is 31.4 Å². The summed E-state index contributed by atoms with van der Waals surface area (Å²) in [7, 11) is 4.21. The van der Waals surface area contributed by atoms with E-state index < -0.39 is 24.3 Å². The summed E-state index contributed by atoms with van der Waals surface area (Å²) >= 11 is 0. The largest absolute Gasteiger partial charge is 0.490 e. The fourth-order valence-electron chi connectivity index (χ4n) is 3.18. The lowest BCUT2D eigenvalue weighted by atomic mass is 10.0. The number of hydrogen-bond donors (Lipinski definition) is 2. The van der Waals surface area contributed by atoms with Gasteiger partial charge in [0.2, 0.25) is 0 Å². The highest BCUT2D eigenvalue weighted by molar-refractivity contribution is 5.73. The molecule has 1 aliphatic rings. The molecule has 2 aromatic rings. The molecular weight excluding hydrogens is 502 g/mol. The maximum absolute atomic E-state index is 10.6. The zero-order chi connectivity index (χ0) is 27.8. The number of halogens is 6. The Balaban J connectivity index is 0.000000383. The summed E-state index contributed by atoms with van der Waals surface area (Å²) in [6, 6.07) is 4.40. The Hall–Kier alpha value is -3.07. The molecule has 3 rings (SSSR count). The average molecular weight is 530 g/mol. The van der Waals surface area contributed by atoms with E-state index in [2.05, 4.69) is 42.4 Å². The number of carboxylic acids is 2. The smallest absolute Gasteiger partial charge is 0.475 e. The molecule has 0 aliphatic carbocycles. The summed E-state index contributed by atoms with van der Waals surface area (Å²) in [6.45, 7) is 8.22. The minimum atomic E-state index is -5.08. The molecule has 0 unspecified atom stereocenters. The van der Waals surface area contributed by atoms with Gasteiger partial charge in [-0.25, -0.2) is 9.59 Å². The molecule has 0 spiro atoms. The Bertz CT molecular complexity index is 960. The molecule has 0 radical (unpaired) electrons. The van der Waals surface area contributed by atoms with Crippen molar-refractivity contribution >= 4 is 11.9 Å². The second kappa shape index (κ2) is 12.8. The van der Waals surface area contributed by atoms with Gasteiger partial charge in [-0.15, -0.1) is 0 Å². The van der Waals surface area contributed by atoms with E-state index >= 15 is 0 Å². The van der Waals surface area contributed by atoms with Crippen molar-refractivity contribution < 1.29 is 50.6 Å². The molecule has 3 heterocycles. The number of furan rings is 1. The van der Waals surface area contributed by atoms with Crippen LogP contribution in [0.15, 0.2) is 22.8 Å². The maximum atomic E-state index is 10.6. The van der Waals surface area contributed by atoms with Gasteiger partial charge in [0.25, 0.3) is 0 Å². The molecule has 0 amide bonds. The third-order valence-electron chi connectivity index (χ3n) is 4.65. The van der Waals surface area contributed by atoms with Crippen LogP contribution in [0.5, 0.6) is 0 Å². The minimum absolute atomic E-state index is 0.397. The number of hydrogen-bond acceptors (Lipinski definition) is 6. The van der Waals surface area contributed by atoms with E-state index in [1.165, 1.54) is 17.0 Å². The Morgan fingerprint density at radius 3 is 2.03 bits per heavy atom. The first-order valence-electron chi connectivity index (χ1n) is 10.5. The normalized spacial score (nSPS) is 14.0. The zero-order valence-electron chi connectivity index (χ0n) is 20.0. The fourth-order valence-corrected chi connectivity index (χ4v) is 3.18. The predicted octanol–water partition coefficient (Wildman–Crippen LogP) is 3.94. The summed E-state index contributed by atoms with van der Waals surface area (Å²) in [5.74, 6) is -4.48. The Kier molecular flexibility index (Phi) is 11.0. The molecule has 204 valence electrons. The van der Waals surface area contributed by atoms with Crippen molar-refractivity contribution in [2.45, 2.75) is 58.3 Å². The molecule has 0 saturated carbocycles. The van der Waals surface area contributed by atoms with Gasteiger partial charge in [-0.1, -0.05) is 0 Å². The van der Waals surface area contributed by atoms with Crippen LogP contribution in [0, 0.1) is 0 Å². The van der Waals surface area contributed by atoms with Crippen molar-refractivity contribution in [1.82, 2.24) is 19.6 Å². The predicted molar refractivity (Wildman–Crippen MR) is 114 cm³/mol. The number of aromatic nitrogens is 2. The van der Waals surface area contributed by atoms with Crippen molar-refractivity contribution in [3.8, 4) is 0 Å². The monoisotopic (exact) mass is 530 g/mol. The van der Waals surface area contributed by atoms with Crippen LogP contribution in [0.3, 0.4) is 0 Å². The van der Waals surface area contributed by atoms with Gasteiger partial charge in [-0.3, -0.25) is 9.58 Å². The molecule has 0 fully saturated rings. The van der Waals surface area contributed by atoms with Crippen LogP contribution in [0.25, 0.3) is 0 Å². The molecule has 2 N–H and O–H groups in total. The number of fused-ring (bicyclic) bond motifs is 1. The quantitative estimate of drug-likeness (QED) is 0.560. The van der Waals surface area contributed by atoms with Crippen molar-refractivity contribution in [3.63, 3.8) is 0 Å². The van der Waals surface area contributed by atoms with Crippen LogP contribution in [0.2, 0.25) is 0 Å². The summed E-state index contributed by atoms with van der Waals surface area (Å²) in [6.07, 6.45) is -7.34. The molecule has 2 aromatic heterocycles. The lowest BCUT2D eigenvalue weighted by molar-refractivity contribution is -0.193. The van der Waals surface area contributed by atoms with Gasteiger partial charge >= 0.3 is 24.3 Å². The lowest BCUT2D eigenvalue weighted by Crippen LogP contribution is -2.31. The highest BCUT2D eigenvalue weighted by atomic mass is 19.4. The van der Waals surface area contributed by atoms with E-state index in [1.807, 2.05) is 12.1 Å². The van der Waals surface area contributed by atoms with Crippen LogP contribution in [0.1, 0.15) is 42.6 Å². The minimum Gasteiger partial charge on any atom is -0.475 e. The van der Waals surface area contributed by atoms with Crippen molar-refractivity contribution in [1.29, 1.82) is 0 Å². The molecule has 36 heavy (non-hydrogen) atoms. The Labute approximate surface area is 202 Å². The molecule has 15 heteroatoms. The van der Waals surface area contributed by atoms with Crippen LogP contribution in [-0.2, 0) is 35.6 Å². The maximum Gasteiger partial charge on any atom is 0.490 e. The highest BCUT2D eigenvalue weighted by Crippen LogP contribution is 2.26. The third-order valence-corrected chi connectivity index (χ3v) is 4.65. The van der Waals surface area contributed by atoms with Crippen LogP contribution in [-0.4, -0.2) is 74.7 Å². The standard InChI is InChI=1S/C17H26N4O.2C2HF3O2/c1-13(2)21-17-12-20(10-14-6-5-9-22-14)8-7-15(17)16(18-21)11-19(3)4;2*3-2(4,5)1(6)7/h5-6,9,13H,7-8,10-12H2,1-4H3;2*(H,6,7). The van der Waals surface area contributed by atoms with E-state index in [4.69, 9.17) is 29.3 Å². The lowest BCUT2D eigenvalue weighted by Gasteiger charge is -2.27. The summed E-state index contributed by atoms with van der Waals surface area (Å²) in [5.41, 5.74) is 4.08. The first-order valence-corrected chi connectivity index (χ1v) is 10.5. The number of alkyl halides is 6. The molecule has 1 aliphatic heterocycles. The van der Waals surface area contributed by atoms with Gasteiger partial charge < -0.3 is 19.5 Å². The molecule has 0 saturated heterocycles. The van der Waals surface area contributed by atoms with Gasteiger partial charge in [0.15, 0.2) is 0 Å². The summed E-state index contributed by atoms with van der Waals surface area (Å²) < 4.78 is 71.2. The first-order chi connectivity index (χ1) is 16.4. The zero-order valence-corrected chi connectivity index (χ0v) is 20.0. The number of aliphatic carboxylic acids is 2. The van der Waals surface area contributed by atoms with Crippen molar-refractivity contribution in [2.75, 3.05) is 20.6 Å². The van der Waals surface area contributed by atoms with Gasteiger partial charge in [-0.05, 0) is 46.5 Å². The van der Waals surface area contributed by atoms with Crippen LogP contribution >= 0.6 is 0 Å². The second-order valence-electron chi connectivity index (χ2n) is 8.29. The number of carboxylic acid groups (broad SMARTS) is 2. The Morgan fingerprint density at radius 2 is 1.64 bits per heavy atom. The number of nitrogens with zero attached hydrogens (tertiary/aromatic N) is 4. The van der Waals surface area contributed by atoms with Crippen LogP contribution < -0.4 is 0 Å². The average Bonchev–Trinajstić information content (AvgIpc) is 3.35. The Morgan fingerprint density at radius 1 is 1.11 bits per heavy atom.